The molecule has 3 rings (SSSR count). The molecule has 1 aromatic rings. The Morgan fingerprint density at radius 3 is 2.39 bits per heavy atom. The molecule has 0 radical (unpaired) electrons. The highest BCUT2D eigenvalue weighted by Gasteiger charge is 2.49. The second kappa shape index (κ2) is 8.20. The molecule has 0 saturated carbocycles. The van der Waals surface area contributed by atoms with Crippen molar-refractivity contribution in [3.63, 3.8) is 0 Å². The molecule has 1 aliphatic carbocycles. The van der Waals surface area contributed by atoms with E-state index < -0.39 is 16.9 Å². The van der Waals surface area contributed by atoms with Gasteiger partial charge in [0.05, 0.1) is 16.8 Å². The minimum absolute atomic E-state index is 0.0494. The van der Waals surface area contributed by atoms with Crippen molar-refractivity contribution in [3.05, 3.63) is 46.5 Å². The number of allylic oxidation sites excluding steroid dienone is 2. The van der Waals surface area contributed by atoms with Crippen LogP contribution in [0, 0.1) is 22.0 Å². The lowest BCUT2D eigenvalue weighted by Crippen LogP contribution is -2.49. The molecule has 0 bridgehead atoms. The minimum atomic E-state index is -0.892. The molecule has 28 heavy (non-hydrogen) atoms. The van der Waals surface area contributed by atoms with E-state index in [-0.39, 0.29) is 42.4 Å². The SMILES string of the molecule is C[C@@H](C(=O)NCCNc1ccccc1[N+](=O)[O-])N1C(=O)[C@H]2CC=CC[C@@H]2C1=O. The molecule has 1 aliphatic heterocycles. The van der Waals surface area contributed by atoms with Gasteiger partial charge < -0.3 is 10.6 Å². The normalized spacial score (nSPS) is 22.0. The zero-order valence-electron chi connectivity index (χ0n) is 15.5. The summed E-state index contributed by atoms with van der Waals surface area (Å²) in [6.45, 7) is 1.99. The van der Waals surface area contributed by atoms with E-state index in [1.54, 1.807) is 18.2 Å². The van der Waals surface area contributed by atoms with E-state index in [1.807, 2.05) is 12.2 Å². The number of nitrogens with one attached hydrogen (secondary N) is 2. The Morgan fingerprint density at radius 1 is 1.18 bits per heavy atom. The number of hydrogen-bond acceptors (Lipinski definition) is 6. The van der Waals surface area contributed by atoms with Gasteiger partial charge in [0, 0.05) is 19.2 Å². The molecule has 1 saturated heterocycles. The summed E-state index contributed by atoms with van der Waals surface area (Å²) in [4.78, 5) is 49.0. The van der Waals surface area contributed by atoms with Crippen LogP contribution in [0.3, 0.4) is 0 Å². The maximum Gasteiger partial charge on any atom is 0.292 e. The third kappa shape index (κ3) is 3.73. The lowest BCUT2D eigenvalue weighted by atomic mass is 9.85. The number of carbonyl (C=O) groups excluding carboxylic acids is 3. The van der Waals surface area contributed by atoms with Crippen LogP contribution in [0.2, 0.25) is 0 Å². The van der Waals surface area contributed by atoms with E-state index in [4.69, 9.17) is 0 Å². The van der Waals surface area contributed by atoms with E-state index in [0.29, 0.717) is 18.5 Å². The second-order valence-electron chi connectivity index (χ2n) is 6.87. The van der Waals surface area contributed by atoms with Crippen LogP contribution in [0.25, 0.3) is 0 Å². The molecule has 3 amide bonds. The van der Waals surface area contributed by atoms with E-state index >= 15 is 0 Å². The van der Waals surface area contributed by atoms with Crippen molar-refractivity contribution in [3.8, 4) is 0 Å². The maximum absolute atomic E-state index is 12.5. The number of carbonyl (C=O) groups is 3. The number of imide groups is 1. The third-order valence-corrected chi connectivity index (χ3v) is 5.15. The topological polar surface area (TPSA) is 122 Å². The molecule has 9 heteroatoms. The van der Waals surface area contributed by atoms with Crippen molar-refractivity contribution in [2.24, 2.45) is 11.8 Å². The van der Waals surface area contributed by atoms with Gasteiger partial charge >= 0.3 is 0 Å². The molecule has 1 fully saturated rings. The van der Waals surface area contributed by atoms with Crippen LogP contribution < -0.4 is 10.6 Å². The van der Waals surface area contributed by atoms with Crippen LogP contribution in [0.4, 0.5) is 11.4 Å². The average Bonchev–Trinajstić information content (AvgIpc) is 2.95. The highest BCUT2D eigenvalue weighted by atomic mass is 16.6. The summed E-state index contributed by atoms with van der Waals surface area (Å²) in [6.07, 6.45) is 4.85. The molecule has 9 nitrogen and oxygen atoms in total. The summed E-state index contributed by atoms with van der Waals surface area (Å²) in [5, 5.41) is 16.6. The van der Waals surface area contributed by atoms with Crippen molar-refractivity contribution < 1.29 is 19.3 Å². The Kier molecular flexibility index (Phi) is 5.72. The van der Waals surface area contributed by atoms with Crippen LogP contribution in [-0.4, -0.2) is 46.7 Å². The van der Waals surface area contributed by atoms with E-state index in [2.05, 4.69) is 10.6 Å². The predicted molar refractivity (Wildman–Crippen MR) is 101 cm³/mol. The van der Waals surface area contributed by atoms with Crippen LogP contribution in [0.1, 0.15) is 19.8 Å². The second-order valence-corrected chi connectivity index (χ2v) is 6.87. The molecular weight excluding hydrogens is 364 g/mol. The number of amides is 3. The summed E-state index contributed by atoms with van der Waals surface area (Å²) < 4.78 is 0. The fraction of sp³-hybridized carbons (Fsp3) is 0.421. The van der Waals surface area contributed by atoms with Crippen molar-refractivity contribution in [2.75, 3.05) is 18.4 Å². The van der Waals surface area contributed by atoms with Crippen molar-refractivity contribution in [1.29, 1.82) is 0 Å². The molecule has 1 aromatic carbocycles. The van der Waals surface area contributed by atoms with E-state index in [9.17, 15) is 24.5 Å². The largest absolute Gasteiger partial charge is 0.378 e. The van der Waals surface area contributed by atoms with Crippen molar-refractivity contribution in [2.45, 2.75) is 25.8 Å². The molecule has 2 N–H and O–H groups in total. The van der Waals surface area contributed by atoms with E-state index in [1.165, 1.54) is 13.0 Å². The Hall–Kier alpha value is -3.23. The molecule has 2 aliphatic rings. The van der Waals surface area contributed by atoms with Gasteiger partial charge in [-0.2, -0.15) is 0 Å². The Balaban J connectivity index is 1.52. The summed E-state index contributed by atoms with van der Waals surface area (Å²) in [7, 11) is 0. The molecule has 148 valence electrons. The van der Waals surface area contributed by atoms with Crippen molar-refractivity contribution in [1.82, 2.24) is 10.2 Å². The van der Waals surface area contributed by atoms with Gasteiger partial charge in [-0.3, -0.25) is 29.4 Å². The van der Waals surface area contributed by atoms with E-state index in [0.717, 1.165) is 4.90 Å². The quantitative estimate of drug-likeness (QED) is 0.241. The summed E-state index contributed by atoms with van der Waals surface area (Å²) in [5.74, 6) is -1.75. The fourth-order valence-corrected chi connectivity index (χ4v) is 3.64. The van der Waals surface area contributed by atoms with Gasteiger partial charge in [-0.25, -0.2) is 0 Å². The van der Waals surface area contributed by atoms with Gasteiger partial charge in [0.2, 0.25) is 17.7 Å². The highest BCUT2D eigenvalue weighted by Crippen LogP contribution is 2.36. The minimum Gasteiger partial charge on any atom is -0.378 e. The molecule has 1 heterocycles. The number of rotatable bonds is 7. The smallest absolute Gasteiger partial charge is 0.292 e. The average molecular weight is 386 g/mol. The Morgan fingerprint density at radius 2 is 1.79 bits per heavy atom. The van der Waals surface area contributed by atoms with Gasteiger partial charge in [0.15, 0.2) is 0 Å². The molecular formula is C19H22N4O5. The lowest BCUT2D eigenvalue weighted by molar-refractivity contribution is -0.384. The molecule has 3 atom stereocenters. The third-order valence-electron chi connectivity index (χ3n) is 5.15. The van der Waals surface area contributed by atoms with Crippen LogP contribution in [0.5, 0.6) is 0 Å². The first-order valence-corrected chi connectivity index (χ1v) is 9.18. The number of nitro benzene ring substituents is 1. The number of anilines is 1. The number of fused-ring (bicyclic) bond motifs is 1. The molecule has 0 aromatic heterocycles. The van der Waals surface area contributed by atoms with Gasteiger partial charge in [0.1, 0.15) is 11.7 Å². The Labute approximate surface area is 161 Å². The first kappa shape index (κ1) is 19.5. The zero-order valence-corrected chi connectivity index (χ0v) is 15.5. The highest BCUT2D eigenvalue weighted by molar-refractivity contribution is 6.08. The van der Waals surface area contributed by atoms with Gasteiger partial charge in [-0.15, -0.1) is 0 Å². The molecule has 0 unspecified atom stereocenters. The fourth-order valence-electron chi connectivity index (χ4n) is 3.64. The Bertz CT molecular complexity index is 811. The van der Waals surface area contributed by atoms with Gasteiger partial charge in [-0.1, -0.05) is 24.3 Å². The van der Waals surface area contributed by atoms with Crippen LogP contribution in [-0.2, 0) is 14.4 Å². The number of para-hydroxylation sites is 2. The molecule has 0 spiro atoms. The van der Waals surface area contributed by atoms with Crippen LogP contribution in [0.15, 0.2) is 36.4 Å². The monoisotopic (exact) mass is 386 g/mol. The summed E-state index contributed by atoms with van der Waals surface area (Å²) >= 11 is 0. The number of likely N-dealkylation sites (tertiary alicyclic amines) is 1. The van der Waals surface area contributed by atoms with Crippen LogP contribution >= 0.6 is 0 Å². The van der Waals surface area contributed by atoms with Gasteiger partial charge in [-0.05, 0) is 25.8 Å². The first-order valence-electron chi connectivity index (χ1n) is 9.18. The summed E-state index contributed by atoms with van der Waals surface area (Å²) in [5.41, 5.74) is 0.308. The van der Waals surface area contributed by atoms with Crippen molar-refractivity contribution >= 4 is 29.1 Å². The lowest BCUT2D eigenvalue weighted by Gasteiger charge is -2.22. The maximum atomic E-state index is 12.5. The predicted octanol–water partition coefficient (Wildman–Crippen LogP) is 1.46. The standard InChI is InChI=1S/C19H22N4O5/c1-12(22-18(25)13-6-2-3-7-14(13)19(22)26)17(24)21-11-10-20-15-8-4-5-9-16(15)23(27)28/h2-5,8-9,12-14,20H,6-7,10-11H2,1H3,(H,21,24)/t12-,13-,14-/m0/s1. The zero-order chi connectivity index (χ0) is 20.3. The number of nitro groups is 1. The summed E-state index contributed by atoms with van der Waals surface area (Å²) in [6, 6.07) is 5.33. The number of benzene rings is 1. The first-order chi connectivity index (χ1) is 13.4. The number of nitrogens with zero attached hydrogens (tertiary/aromatic N) is 2. The van der Waals surface area contributed by atoms with Gasteiger partial charge in [0.25, 0.3) is 5.69 Å². The number of hydrogen-bond donors (Lipinski definition) is 2.